The van der Waals surface area contributed by atoms with Crippen LogP contribution in [0, 0.1) is 5.82 Å². The van der Waals surface area contributed by atoms with Gasteiger partial charge in [-0.2, -0.15) is 0 Å². The topological polar surface area (TPSA) is 51.6 Å². The van der Waals surface area contributed by atoms with Gasteiger partial charge >= 0.3 is 0 Å². The molecule has 5 heteroatoms. The van der Waals surface area contributed by atoms with Crippen LogP contribution >= 0.6 is 0 Å². The van der Waals surface area contributed by atoms with E-state index in [-0.39, 0.29) is 30.8 Å². The van der Waals surface area contributed by atoms with Crippen LogP contribution in [0.1, 0.15) is 19.4 Å². The van der Waals surface area contributed by atoms with Crippen molar-refractivity contribution in [2.75, 3.05) is 13.2 Å². The lowest BCUT2D eigenvalue weighted by Crippen LogP contribution is -2.12. The molecule has 0 aromatic carbocycles. The Morgan fingerprint density at radius 1 is 1.44 bits per heavy atom. The summed E-state index contributed by atoms with van der Waals surface area (Å²) in [5.74, 6) is -0.714. The smallest absolute Gasteiger partial charge is 0.250 e. The lowest BCUT2D eigenvalue weighted by molar-refractivity contribution is 0.0532. The van der Waals surface area contributed by atoms with Crippen LogP contribution in [-0.4, -0.2) is 29.4 Å². The van der Waals surface area contributed by atoms with Crippen LogP contribution < -0.4 is 4.74 Å². The molecule has 0 fully saturated rings. The van der Waals surface area contributed by atoms with Crippen molar-refractivity contribution < 1.29 is 19.0 Å². The van der Waals surface area contributed by atoms with E-state index >= 15 is 0 Å². The van der Waals surface area contributed by atoms with Crippen molar-refractivity contribution in [3.63, 3.8) is 0 Å². The van der Waals surface area contributed by atoms with Gasteiger partial charge in [-0.1, -0.05) is 0 Å². The van der Waals surface area contributed by atoms with Gasteiger partial charge in [0.25, 0.3) is 5.88 Å². The fourth-order valence-electron chi connectivity index (χ4n) is 1.11. The van der Waals surface area contributed by atoms with Gasteiger partial charge in [-0.3, -0.25) is 0 Å². The van der Waals surface area contributed by atoms with E-state index in [1.165, 1.54) is 12.3 Å². The van der Waals surface area contributed by atoms with Crippen LogP contribution in [-0.2, 0) is 11.3 Å². The summed E-state index contributed by atoms with van der Waals surface area (Å²) in [5, 5.41) is 8.84. The van der Waals surface area contributed by atoms with E-state index in [4.69, 9.17) is 14.6 Å². The summed E-state index contributed by atoms with van der Waals surface area (Å²) in [6.45, 7) is 4.06. The Labute approximate surface area is 94.0 Å². The Hall–Kier alpha value is -1.20. The van der Waals surface area contributed by atoms with Crippen molar-refractivity contribution in [1.82, 2.24) is 4.98 Å². The lowest BCUT2D eigenvalue weighted by atomic mass is 10.3. The van der Waals surface area contributed by atoms with Crippen LogP contribution in [0.5, 0.6) is 5.88 Å². The van der Waals surface area contributed by atoms with Crippen molar-refractivity contribution in [1.29, 1.82) is 0 Å². The monoisotopic (exact) mass is 229 g/mol. The van der Waals surface area contributed by atoms with Gasteiger partial charge in [0.1, 0.15) is 6.61 Å². The fourth-order valence-corrected chi connectivity index (χ4v) is 1.11. The van der Waals surface area contributed by atoms with Crippen molar-refractivity contribution in [3.8, 4) is 5.88 Å². The second-order valence-electron chi connectivity index (χ2n) is 3.52. The number of aliphatic hydroxyl groups excluding tert-OH is 1. The van der Waals surface area contributed by atoms with E-state index in [9.17, 15) is 4.39 Å². The molecule has 4 nitrogen and oxygen atoms in total. The first kappa shape index (κ1) is 12.9. The van der Waals surface area contributed by atoms with E-state index < -0.39 is 5.82 Å². The molecule has 1 heterocycles. The Morgan fingerprint density at radius 2 is 2.19 bits per heavy atom. The molecule has 0 bridgehead atoms. The summed E-state index contributed by atoms with van der Waals surface area (Å²) < 4.78 is 23.8. The van der Waals surface area contributed by atoms with Crippen molar-refractivity contribution >= 4 is 0 Å². The molecule has 16 heavy (non-hydrogen) atoms. The Kier molecular flexibility index (Phi) is 5.14. The third-order valence-corrected chi connectivity index (χ3v) is 1.88. The maximum atomic E-state index is 13.5. The molecule has 0 unspecified atom stereocenters. The van der Waals surface area contributed by atoms with Crippen molar-refractivity contribution in [2.24, 2.45) is 0 Å². The highest BCUT2D eigenvalue weighted by Gasteiger charge is 2.09. The minimum Gasteiger partial charge on any atom is -0.473 e. The molecule has 0 radical (unpaired) electrons. The molecule has 1 aromatic heterocycles. The van der Waals surface area contributed by atoms with Gasteiger partial charge in [0.2, 0.25) is 0 Å². The minimum atomic E-state index is -0.616. The maximum absolute atomic E-state index is 13.5. The van der Waals surface area contributed by atoms with Crippen LogP contribution in [0.4, 0.5) is 4.39 Å². The molecule has 90 valence electrons. The highest BCUT2D eigenvalue weighted by molar-refractivity contribution is 5.22. The largest absolute Gasteiger partial charge is 0.473 e. The van der Waals surface area contributed by atoms with Gasteiger partial charge in [0.05, 0.1) is 19.3 Å². The van der Waals surface area contributed by atoms with Crippen LogP contribution in [0.15, 0.2) is 12.3 Å². The van der Waals surface area contributed by atoms with Gasteiger partial charge < -0.3 is 14.6 Å². The molecule has 0 aliphatic carbocycles. The molecule has 0 spiro atoms. The van der Waals surface area contributed by atoms with Gasteiger partial charge in [-0.05, 0) is 19.9 Å². The standard InChI is InChI=1S/C11H16FNO3/c1-8(2)15-5-6-16-11-10(12)9(7-14)3-4-13-11/h3-4,8,14H,5-7H2,1-2H3. The number of halogens is 1. The highest BCUT2D eigenvalue weighted by Crippen LogP contribution is 2.16. The average Bonchev–Trinajstić information content (AvgIpc) is 2.26. The van der Waals surface area contributed by atoms with E-state index in [1.807, 2.05) is 13.8 Å². The first-order valence-corrected chi connectivity index (χ1v) is 5.13. The molecule has 0 saturated carbocycles. The Bertz CT molecular complexity index is 331. The Morgan fingerprint density at radius 3 is 2.81 bits per heavy atom. The zero-order chi connectivity index (χ0) is 12.0. The Balaban J connectivity index is 2.47. The van der Waals surface area contributed by atoms with Crippen LogP contribution in [0.25, 0.3) is 0 Å². The van der Waals surface area contributed by atoms with Gasteiger partial charge in [-0.25, -0.2) is 9.37 Å². The predicted octanol–water partition coefficient (Wildman–Crippen LogP) is 1.52. The second-order valence-corrected chi connectivity index (χ2v) is 3.52. The fraction of sp³-hybridized carbons (Fsp3) is 0.545. The number of hydrogen-bond acceptors (Lipinski definition) is 4. The quantitative estimate of drug-likeness (QED) is 0.751. The molecule has 0 saturated heterocycles. The van der Waals surface area contributed by atoms with Crippen LogP contribution in [0.3, 0.4) is 0 Å². The summed E-state index contributed by atoms with van der Waals surface area (Å²) in [4.78, 5) is 3.74. The molecule has 1 rings (SSSR count). The summed E-state index contributed by atoms with van der Waals surface area (Å²) in [6, 6.07) is 1.41. The third-order valence-electron chi connectivity index (χ3n) is 1.88. The molecule has 0 aliphatic heterocycles. The van der Waals surface area contributed by atoms with Crippen molar-refractivity contribution in [2.45, 2.75) is 26.6 Å². The second kappa shape index (κ2) is 6.40. The van der Waals surface area contributed by atoms with E-state index in [0.717, 1.165) is 0 Å². The molecule has 1 aromatic rings. The SMILES string of the molecule is CC(C)OCCOc1nccc(CO)c1F. The zero-order valence-corrected chi connectivity index (χ0v) is 9.44. The van der Waals surface area contributed by atoms with E-state index in [1.54, 1.807) is 0 Å². The van der Waals surface area contributed by atoms with Gasteiger partial charge in [0, 0.05) is 11.8 Å². The first-order chi connectivity index (χ1) is 7.65. The summed E-state index contributed by atoms with van der Waals surface area (Å²) in [5.41, 5.74) is 0.176. The highest BCUT2D eigenvalue weighted by atomic mass is 19.1. The summed E-state index contributed by atoms with van der Waals surface area (Å²) in [7, 11) is 0. The van der Waals surface area contributed by atoms with E-state index in [0.29, 0.717) is 6.61 Å². The number of ether oxygens (including phenoxy) is 2. The average molecular weight is 229 g/mol. The molecule has 1 N–H and O–H groups in total. The van der Waals surface area contributed by atoms with E-state index in [2.05, 4.69) is 4.98 Å². The minimum absolute atomic E-state index is 0.0982. The first-order valence-electron chi connectivity index (χ1n) is 5.13. The normalized spacial score (nSPS) is 10.8. The maximum Gasteiger partial charge on any atom is 0.250 e. The molecule has 0 atom stereocenters. The van der Waals surface area contributed by atoms with Crippen molar-refractivity contribution in [3.05, 3.63) is 23.6 Å². The van der Waals surface area contributed by atoms with Gasteiger partial charge in [0.15, 0.2) is 5.82 Å². The lowest BCUT2D eigenvalue weighted by Gasteiger charge is -2.09. The number of nitrogens with zero attached hydrogens (tertiary/aromatic N) is 1. The summed E-state index contributed by atoms with van der Waals surface area (Å²) in [6.07, 6.45) is 1.51. The number of rotatable bonds is 6. The number of hydrogen-bond donors (Lipinski definition) is 1. The molecule has 0 amide bonds. The van der Waals surface area contributed by atoms with Crippen LogP contribution in [0.2, 0.25) is 0 Å². The third kappa shape index (κ3) is 3.75. The zero-order valence-electron chi connectivity index (χ0n) is 9.44. The predicted molar refractivity (Wildman–Crippen MR) is 56.7 cm³/mol. The number of pyridine rings is 1. The molecule has 0 aliphatic rings. The molecular weight excluding hydrogens is 213 g/mol. The molecular formula is C11H16FNO3. The van der Waals surface area contributed by atoms with Gasteiger partial charge in [-0.15, -0.1) is 0 Å². The number of aliphatic hydroxyl groups is 1. The number of aromatic nitrogens is 1. The summed E-state index contributed by atoms with van der Waals surface area (Å²) >= 11 is 0.